The summed E-state index contributed by atoms with van der Waals surface area (Å²) >= 11 is 0. The maximum Gasteiger partial charge on any atom is 0.266 e. The molecule has 1 fully saturated rings. The minimum Gasteiger partial charge on any atom is -0.348 e. The number of hydrogen-bond acceptors (Lipinski definition) is 6. The first-order valence-corrected chi connectivity index (χ1v) is 12.4. The molecular formula is C28H26F2N6O3. The molecule has 39 heavy (non-hydrogen) atoms. The van der Waals surface area contributed by atoms with Gasteiger partial charge in [-0.3, -0.25) is 23.9 Å². The van der Waals surface area contributed by atoms with E-state index in [9.17, 15) is 23.2 Å². The monoisotopic (exact) mass is 532 g/mol. The van der Waals surface area contributed by atoms with Crippen LogP contribution in [0, 0.1) is 11.6 Å². The van der Waals surface area contributed by atoms with E-state index in [4.69, 9.17) is 0 Å². The average Bonchev–Trinajstić information content (AvgIpc) is 2.94. The molecule has 0 bridgehead atoms. The summed E-state index contributed by atoms with van der Waals surface area (Å²) in [7, 11) is 2.03. The normalized spacial score (nSPS) is 14.0. The second kappa shape index (κ2) is 11.1. The third-order valence-electron chi connectivity index (χ3n) is 6.72. The van der Waals surface area contributed by atoms with Gasteiger partial charge < -0.3 is 15.1 Å². The number of rotatable bonds is 6. The highest BCUT2D eigenvalue weighted by Gasteiger charge is 2.21. The molecule has 1 saturated heterocycles. The zero-order chi connectivity index (χ0) is 27.5. The number of hydrogen-bond donors (Lipinski definition) is 1. The Morgan fingerprint density at radius 1 is 0.949 bits per heavy atom. The maximum absolute atomic E-state index is 13.5. The van der Waals surface area contributed by atoms with E-state index in [1.54, 1.807) is 18.3 Å². The van der Waals surface area contributed by atoms with Crippen molar-refractivity contribution >= 4 is 22.7 Å². The van der Waals surface area contributed by atoms with Gasteiger partial charge in [0.15, 0.2) is 11.6 Å². The fourth-order valence-electron chi connectivity index (χ4n) is 4.43. The molecule has 4 aromatic rings. The molecule has 0 spiro atoms. The summed E-state index contributed by atoms with van der Waals surface area (Å²) in [6.07, 6.45) is 3.98. The van der Waals surface area contributed by atoms with E-state index in [0.717, 1.165) is 40.7 Å². The minimum absolute atomic E-state index is 0.0626. The van der Waals surface area contributed by atoms with E-state index in [1.807, 2.05) is 24.1 Å². The van der Waals surface area contributed by atoms with Crippen molar-refractivity contribution in [3.05, 3.63) is 105 Å². The first kappa shape index (κ1) is 26.1. The van der Waals surface area contributed by atoms with Gasteiger partial charge in [-0.15, -0.1) is 0 Å². The number of carbonyl (C=O) groups is 2. The van der Waals surface area contributed by atoms with E-state index < -0.39 is 23.1 Å². The molecule has 9 nitrogen and oxygen atoms in total. The molecule has 2 aromatic heterocycles. The number of benzene rings is 2. The minimum atomic E-state index is -1.02. The van der Waals surface area contributed by atoms with Crippen molar-refractivity contribution in [1.82, 2.24) is 29.7 Å². The number of halogens is 2. The number of nitrogens with zero attached hydrogens (tertiary/aromatic N) is 5. The number of carbonyl (C=O) groups excluding carboxylic acids is 2. The number of aromatic nitrogens is 3. The van der Waals surface area contributed by atoms with Gasteiger partial charge in [-0.2, -0.15) is 0 Å². The fourth-order valence-corrected chi connectivity index (χ4v) is 4.43. The predicted molar refractivity (Wildman–Crippen MR) is 140 cm³/mol. The third kappa shape index (κ3) is 5.83. The SMILES string of the molecule is CN1CCN(C(=O)c2cnc3ccc(CNC(=O)c4cncn(Cc5ccc(F)c(F)c5)c4=O)cc3c2)CC1. The molecule has 1 aliphatic heterocycles. The lowest BCUT2D eigenvalue weighted by Crippen LogP contribution is -2.47. The number of pyridine rings is 1. The summed E-state index contributed by atoms with van der Waals surface area (Å²) < 4.78 is 27.9. The summed E-state index contributed by atoms with van der Waals surface area (Å²) in [5, 5.41) is 3.48. The topological polar surface area (TPSA) is 100 Å². The number of nitrogens with one attached hydrogen (secondary N) is 1. The Morgan fingerprint density at radius 2 is 1.72 bits per heavy atom. The third-order valence-corrected chi connectivity index (χ3v) is 6.72. The maximum atomic E-state index is 13.5. The Labute approximate surface area is 222 Å². The van der Waals surface area contributed by atoms with Crippen LogP contribution in [0.3, 0.4) is 0 Å². The summed E-state index contributed by atoms with van der Waals surface area (Å²) in [6, 6.07) is 10.6. The van der Waals surface area contributed by atoms with Gasteiger partial charge in [-0.1, -0.05) is 12.1 Å². The molecule has 0 unspecified atom stereocenters. The molecule has 0 radical (unpaired) electrons. The highest BCUT2D eigenvalue weighted by atomic mass is 19.2. The Bertz CT molecular complexity index is 1610. The molecule has 1 N–H and O–H groups in total. The highest BCUT2D eigenvalue weighted by Crippen LogP contribution is 2.18. The second-order valence-corrected chi connectivity index (χ2v) is 9.52. The van der Waals surface area contributed by atoms with Crippen molar-refractivity contribution in [3.8, 4) is 0 Å². The lowest BCUT2D eigenvalue weighted by Gasteiger charge is -2.32. The molecule has 5 rings (SSSR count). The number of likely N-dealkylation sites (N-methyl/N-ethyl adjacent to an activating group) is 1. The first-order chi connectivity index (χ1) is 18.8. The van der Waals surface area contributed by atoms with Crippen molar-refractivity contribution in [2.24, 2.45) is 0 Å². The Balaban J connectivity index is 1.28. The van der Waals surface area contributed by atoms with Crippen molar-refractivity contribution in [2.45, 2.75) is 13.1 Å². The second-order valence-electron chi connectivity index (χ2n) is 9.52. The number of fused-ring (bicyclic) bond motifs is 1. The quantitative estimate of drug-likeness (QED) is 0.410. The lowest BCUT2D eigenvalue weighted by atomic mass is 10.1. The van der Waals surface area contributed by atoms with Gasteiger partial charge in [0.25, 0.3) is 17.4 Å². The van der Waals surface area contributed by atoms with E-state index >= 15 is 0 Å². The van der Waals surface area contributed by atoms with Gasteiger partial charge in [-0.25, -0.2) is 13.8 Å². The molecule has 2 aromatic carbocycles. The van der Waals surface area contributed by atoms with Gasteiger partial charge in [-0.05, 0) is 48.5 Å². The summed E-state index contributed by atoms with van der Waals surface area (Å²) in [6.45, 7) is 3.03. The van der Waals surface area contributed by atoms with Gasteiger partial charge in [0.1, 0.15) is 5.56 Å². The molecule has 0 aliphatic carbocycles. The van der Waals surface area contributed by atoms with Gasteiger partial charge in [0.2, 0.25) is 0 Å². The molecule has 11 heteroatoms. The van der Waals surface area contributed by atoms with Crippen LogP contribution in [-0.2, 0) is 13.1 Å². The average molecular weight is 533 g/mol. The van der Waals surface area contributed by atoms with Gasteiger partial charge in [0, 0.05) is 50.5 Å². The Kier molecular flexibility index (Phi) is 7.42. The van der Waals surface area contributed by atoms with Gasteiger partial charge in [0.05, 0.1) is 24.0 Å². The smallest absolute Gasteiger partial charge is 0.266 e. The molecule has 3 heterocycles. The number of amides is 2. The van der Waals surface area contributed by atoms with Crippen molar-refractivity contribution in [2.75, 3.05) is 33.2 Å². The van der Waals surface area contributed by atoms with Crippen molar-refractivity contribution < 1.29 is 18.4 Å². The van der Waals surface area contributed by atoms with Crippen LogP contribution in [0.4, 0.5) is 8.78 Å². The van der Waals surface area contributed by atoms with E-state index in [2.05, 4.69) is 20.2 Å². The summed E-state index contributed by atoms with van der Waals surface area (Å²) in [4.78, 5) is 51.0. The zero-order valence-corrected chi connectivity index (χ0v) is 21.2. The Morgan fingerprint density at radius 3 is 2.49 bits per heavy atom. The van der Waals surface area contributed by atoms with Crippen LogP contribution in [0.5, 0.6) is 0 Å². The zero-order valence-electron chi connectivity index (χ0n) is 21.2. The van der Waals surface area contributed by atoms with Crippen LogP contribution in [0.25, 0.3) is 10.9 Å². The van der Waals surface area contributed by atoms with Crippen molar-refractivity contribution in [3.63, 3.8) is 0 Å². The molecule has 1 aliphatic rings. The largest absolute Gasteiger partial charge is 0.348 e. The molecule has 200 valence electrons. The number of piperazine rings is 1. The van der Waals surface area contributed by atoms with Gasteiger partial charge >= 0.3 is 0 Å². The fraction of sp³-hybridized carbons (Fsp3) is 0.250. The van der Waals surface area contributed by atoms with Crippen LogP contribution in [-0.4, -0.2) is 69.4 Å². The predicted octanol–water partition coefficient (Wildman–Crippen LogP) is 2.44. The Hall–Kier alpha value is -4.51. The van der Waals surface area contributed by atoms with Crippen LogP contribution >= 0.6 is 0 Å². The van der Waals surface area contributed by atoms with E-state index in [1.165, 1.54) is 18.6 Å². The molecule has 0 atom stereocenters. The lowest BCUT2D eigenvalue weighted by molar-refractivity contribution is 0.0663. The van der Waals surface area contributed by atoms with Crippen LogP contribution in [0.15, 0.2) is 66.0 Å². The van der Waals surface area contributed by atoms with E-state index in [-0.39, 0.29) is 24.6 Å². The molecule has 2 amide bonds. The molecular weight excluding hydrogens is 506 g/mol. The van der Waals surface area contributed by atoms with Crippen LogP contribution in [0.2, 0.25) is 0 Å². The highest BCUT2D eigenvalue weighted by molar-refractivity contribution is 5.97. The summed E-state index contributed by atoms with van der Waals surface area (Å²) in [5.74, 6) is -2.69. The molecule has 0 saturated carbocycles. The summed E-state index contributed by atoms with van der Waals surface area (Å²) in [5.41, 5.74) is 1.54. The van der Waals surface area contributed by atoms with Crippen LogP contribution in [0.1, 0.15) is 31.8 Å². The van der Waals surface area contributed by atoms with Crippen LogP contribution < -0.4 is 10.9 Å². The van der Waals surface area contributed by atoms with Crippen molar-refractivity contribution in [1.29, 1.82) is 0 Å². The van der Waals surface area contributed by atoms with E-state index in [0.29, 0.717) is 29.7 Å². The first-order valence-electron chi connectivity index (χ1n) is 12.4. The standard InChI is InChI=1S/C28H26F2N6O3/c1-34-6-8-35(9-7-34)27(38)21-12-20-10-18(3-5-25(20)32-14-21)13-33-26(37)22-15-31-17-36(28(22)39)16-19-2-4-23(29)24(30)11-19/h2-5,10-12,14-15,17H,6-9,13,16H2,1H3,(H,33,37).